The van der Waals surface area contributed by atoms with Crippen LogP contribution in [-0.4, -0.2) is 13.2 Å². The maximum absolute atomic E-state index is 5.69. The SMILES string of the molecule is CCNCc1cc(COCCCC(C)C)c(C)o1. The molecule has 1 aromatic rings. The standard InChI is InChI=1S/C15H27NO2/c1-5-16-10-15-9-14(13(4)18-15)11-17-8-6-7-12(2)3/h9,12,16H,5-8,10-11H2,1-4H3. The van der Waals surface area contributed by atoms with Gasteiger partial charge in [0.1, 0.15) is 11.5 Å². The summed E-state index contributed by atoms with van der Waals surface area (Å²) in [5.74, 6) is 2.73. The molecule has 0 amide bonds. The summed E-state index contributed by atoms with van der Waals surface area (Å²) in [6, 6.07) is 2.10. The first-order valence-corrected chi connectivity index (χ1v) is 7.00. The first kappa shape index (κ1) is 15.3. The summed E-state index contributed by atoms with van der Waals surface area (Å²) in [6.45, 7) is 11.8. The Bertz CT molecular complexity index is 331. The molecule has 0 radical (unpaired) electrons. The van der Waals surface area contributed by atoms with Crippen molar-refractivity contribution in [2.45, 2.75) is 53.7 Å². The molecule has 0 aromatic carbocycles. The van der Waals surface area contributed by atoms with E-state index in [9.17, 15) is 0 Å². The minimum atomic E-state index is 0.666. The van der Waals surface area contributed by atoms with Gasteiger partial charge in [-0.15, -0.1) is 0 Å². The molecule has 1 N–H and O–H groups in total. The van der Waals surface area contributed by atoms with E-state index in [1.165, 1.54) is 12.0 Å². The summed E-state index contributed by atoms with van der Waals surface area (Å²) >= 11 is 0. The lowest BCUT2D eigenvalue weighted by atomic mass is 10.1. The van der Waals surface area contributed by atoms with E-state index >= 15 is 0 Å². The monoisotopic (exact) mass is 253 g/mol. The van der Waals surface area contributed by atoms with Crippen LogP contribution in [0.5, 0.6) is 0 Å². The van der Waals surface area contributed by atoms with E-state index in [4.69, 9.17) is 9.15 Å². The van der Waals surface area contributed by atoms with Gasteiger partial charge in [-0.2, -0.15) is 0 Å². The Kier molecular flexibility index (Phi) is 7.06. The molecule has 0 saturated carbocycles. The summed E-state index contributed by atoms with van der Waals surface area (Å²) < 4.78 is 11.4. The average molecular weight is 253 g/mol. The van der Waals surface area contributed by atoms with Crippen LogP contribution in [0.1, 0.15) is 50.7 Å². The van der Waals surface area contributed by atoms with E-state index in [0.29, 0.717) is 6.61 Å². The number of rotatable bonds is 9. The van der Waals surface area contributed by atoms with E-state index in [1.54, 1.807) is 0 Å². The van der Waals surface area contributed by atoms with Crippen molar-refractivity contribution in [2.75, 3.05) is 13.2 Å². The Morgan fingerprint density at radius 3 is 2.83 bits per heavy atom. The molecule has 1 rings (SSSR count). The molecule has 0 fully saturated rings. The number of ether oxygens (including phenoxy) is 1. The Morgan fingerprint density at radius 1 is 1.39 bits per heavy atom. The highest BCUT2D eigenvalue weighted by Gasteiger charge is 2.07. The second kappa shape index (κ2) is 8.33. The lowest BCUT2D eigenvalue weighted by Gasteiger charge is -2.05. The van der Waals surface area contributed by atoms with Crippen molar-refractivity contribution in [2.24, 2.45) is 5.92 Å². The van der Waals surface area contributed by atoms with Crippen molar-refractivity contribution in [3.8, 4) is 0 Å². The van der Waals surface area contributed by atoms with Crippen molar-refractivity contribution < 1.29 is 9.15 Å². The number of nitrogens with one attached hydrogen (secondary N) is 1. The summed E-state index contributed by atoms with van der Waals surface area (Å²) in [6.07, 6.45) is 2.37. The fraction of sp³-hybridized carbons (Fsp3) is 0.733. The molecular formula is C15H27NO2. The lowest BCUT2D eigenvalue weighted by molar-refractivity contribution is 0.114. The molecule has 1 aromatic heterocycles. The van der Waals surface area contributed by atoms with E-state index in [-0.39, 0.29) is 0 Å². The molecule has 104 valence electrons. The second-order valence-electron chi connectivity index (χ2n) is 5.16. The largest absolute Gasteiger partial charge is 0.465 e. The third-order valence-electron chi connectivity index (χ3n) is 2.95. The van der Waals surface area contributed by atoms with Crippen LogP contribution >= 0.6 is 0 Å². The van der Waals surface area contributed by atoms with Crippen LogP contribution in [0.2, 0.25) is 0 Å². The highest BCUT2D eigenvalue weighted by atomic mass is 16.5. The molecule has 18 heavy (non-hydrogen) atoms. The van der Waals surface area contributed by atoms with Crippen LogP contribution in [0.4, 0.5) is 0 Å². The zero-order valence-electron chi connectivity index (χ0n) is 12.2. The van der Waals surface area contributed by atoms with Crippen molar-refractivity contribution in [3.63, 3.8) is 0 Å². The molecule has 0 atom stereocenters. The topological polar surface area (TPSA) is 34.4 Å². The van der Waals surface area contributed by atoms with Gasteiger partial charge in [-0.3, -0.25) is 0 Å². The van der Waals surface area contributed by atoms with Crippen LogP contribution < -0.4 is 5.32 Å². The fourth-order valence-corrected chi connectivity index (χ4v) is 1.84. The molecule has 3 nitrogen and oxygen atoms in total. The smallest absolute Gasteiger partial charge is 0.118 e. The van der Waals surface area contributed by atoms with E-state index < -0.39 is 0 Å². The van der Waals surface area contributed by atoms with Gasteiger partial charge in [0.05, 0.1) is 13.2 Å². The summed E-state index contributed by atoms with van der Waals surface area (Å²) in [5.41, 5.74) is 1.17. The molecule has 0 spiro atoms. The summed E-state index contributed by atoms with van der Waals surface area (Å²) in [5, 5.41) is 3.26. The first-order valence-electron chi connectivity index (χ1n) is 7.00. The van der Waals surface area contributed by atoms with Gasteiger partial charge >= 0.3 is 0 Å². The van der Waals surface area contributed by atoms with Gasteiger partial charge in [0.2, 0.25) is 0 Å². The first-order chi connectivity index (χ1) is 8.63. The second-order valence-corrected chi connectivity index (χ2v) is 5.16. The molecule has 0 aliphatic carbocycles. The fourth-order valence-electron chi connectivity index (χ4n) is 1.84. The third-order valence-corrected chi connectivity index (χ3v) is 2.95. The molecule has 0 aliphatic heterocycles. The van der Waals surface area contributed by atoms with E-state index in [0.717, 1.165) is 43.6 Å². The lowest BCUT2D eigenvalue weighted by Crippen LogP contribution is -2.10. The van der Waals surface area contributed by atoms with E-state index in [2.05, 4.69) is 32.2 Å². The van der Waals surface area contributed by atoms with Gasteiger partial charge in [-0.1, -0.05) is 20.8 Å². The maximum atomic E-state index is 5.69. The summed E-state index contributed by atoms with van der Waals surface area (Å²) in [7, 11) is 0. The highest BCUT2D eigenvalue weighted by molar-refractivity contribution is 5.19. The van der Waals surface area contributed by atoms with Crippen molar-refractivity contribution in [1.29, 1.82) is 0 Å². The number of hydrogen-bond donors (Lipinski definition) is 1. The Labute approximate surface area is 111 Å². The predicted octanol–water partition coefficient (Wildman–Crippen LogP) is 3.65. The zero-order chi connectivity index (χ0) is 13.4. The van der Waals surface area contributed by atoms with Gasteiger partial charge in [0.25, 0.3) is 0 Å². The number of aryl methyl sites for hydroxylation is 1. The van der Waals surface area contributed by atoms with Gasteiger partial charge < -0.3 is 14.5 Å². The van der Waals surface area contributed by atoms with Crippen LogP contribution in [-0.2, 0) is 17.9 Å². The molecule has 0 saturated heterocycles. The Morgan fingerprint density at radius 2 is 2.17 bits per heavy atom. The average Bonchev–Trinajstić information content (AvgIpc) is 2.67. The van der Waals surface area contributed by atoms with Gasteiger partial charge in [0.15, 0.2) is 0 Å². The van der Waals surface area contributed by atoms with Crippen molar-refractivity contribution in [3.05, 3.63) is 23.2 Å². The number of furan rings is 1. The van der Waals surface area contributed by atoms with Crippen molar-refractivity contribution >= 4 is 0 Å². The van der Waals surface area contributed by atoms with Crippen LogP contribution in [0.15, 0.2) is 10.5 Å². The predicted molar refractivity (Wildman–Crippen MR) is 74.6 cm³/mol. The van der Waals surface area contributed by atoms with Gasteiger partial charge in [0, 0.05) is 12.2 Å². The molecule has 0 aliphatic rings. The van der Waals surface area contributed by atoms with Crippen LogP contribution in [0, 0.1) is 12.8 Å². The molecule has 3 heteroatoms. The van der Waals surface area contributed by atoms with Gasteiger partial charge in [-0.05, 0) is 38.3 Å². The van der Waals surface area contributed by atoms with E-state index in [1.807, 2.05) is 6.92 Å². The Hall–Kier alpha value is -0.800. The number of hydrogen-bond acceptors (Lipinski definition) is 3. The van der Waals surface area contributed by atoms with Crippen LogP contribution in [0.25, 0.3) is 0 Å². The summed E-state index contributed by atoms with van der Waals surface area (Å²) in [4.78, 5) is 0. The third kappa shape index (κ3) is 5.69. The zero-order valence-corrected chi connectivity index (χ0v) is 12.2. The molecule has 0 bridgehead atoms. The minimum Gasteiger partial charge on any atom is -0.465 e. The highest BCUT2D eigenvalue weighted by Crippen LogP contribution is 2.16. The molecular weight excluding hydrogens is 226 g/mol. The quantitative estimate of drug-likeness (QED) is 0.682. The maximum Gasteiger partial charge on any atom is 0.118 e. The Balaban J connectivity index is 2.26. The minimum absolute atomic E-state index is 0.666. The van der Waals surface area contributed by atoms with Gasteiger partial charge in [-0.25, -0.2) is 0 Å². The van der Waals surface area contributed by atoms with Crippen molar-refractivity contribution in [1.82, 2.24) is 5.32 Å². The van der Waals surface area contributed by atoms with Crippen LogP contribution in [0.3, 0.4) is 0 Å². The molecule has 1 heterocycles. The normalized spacial score (nSPS) is 11.4. The molecule has 0 unspecified atom stereocenters.